The minimum atomic E-state index is -2.95. The van der Waals surface area contributed by atoms with Gasteiger partial charge in [0.2, 0.25) is 5.91 Å². The minimum absolute atomic E-state index is 0.0883. The first-order valence-electron chi connectivity index (χ1n) is 7.24. The number of nitrogens with one attached hydrogen (secondary N) is 1. The normalized spacial score (nSPS) is 19.6. The largest absolute Gasteiger partial charge is 0.493 e. The van der Waals surface area contributed by atoms with Gasteiger partial charge >= 0.3 is 0 Å². The fourth-order valence-corrected chi connectivity index (χ4v) is 4.39. The molecule has 1 aromatic rings. The molecule has 1 aliphatic rings. The molecule has 1 N–H and O–H groups in total. The van der Waals surface area contributed by atoms with Gasteiger partial charge in [0.15, 0.2) is 21.3 Å². The van der Waals surface area contributed by atoms with Crippen molar-refractivity contribution in [1.82, 2.24) is 0 Å². The van der Waals surface area contributed by atoms with Crippen molar-refractivity contribution >= 4 is 21.4 Å². The molecule has 22 heavy (non-hydrogen) atoms. The summed E-state index contributed by atoms with van der Waals surface area (Å²) in [6.07, 6.45) is 0.775. The number of hydrogen-bond donors (Lipinski definition) is 1. The third kappa shape index (κ3) is 4.37. The molecule has 1 atom stereocenters. The molecule has 0 radical (unpaired) electrons. The molecular weight excluding hydrogens is 306 g/mol. The van der Waals surface area contributed by atoms with Crippen LogP contribution in [0.1, 0.15) is 19.8 Å². The third-order valence-corrected chi connectivity index (χ3v) is 5.39. The van der Waals surface area contributed by atoms with Crippen molar-refractivity contribution in [2.75, 3.05) is 30.5 Å². The van der Waals surface area contributed by atoms with Crippen LogP contribution in [0.5, 0.6) is 11.5 Å². The summed E-state index contributed by atoms with van der Waals surface area (Å²) in [5.41, 5.74) is 0.603. The zero-order valence-electron chi connectivity index (χ0n) is 12.8. The first-order valence-corrected chi connectivity index (χ1v) is 9.06. The molecule has 0 aliphatic carbocycles. The van der Waals surface area contributed by atoms with Crippen LogP contribution in [-0.4, -0.2) is 39.5 Å². The van der Waals surface area contributed by atoms with Gasteiger partial charge in [0.1, 0.15) is 0 Å². The second-order valence-electron chi connectivity index (χ2n) is 5.32. The summed E-state index contributed by atoms with van der Waals surface area (Å²) in [6.45, 7) is 2.41. The number of sulfone groups is 1. The lowest BCUT2D eigenvalue weighted by molar-refractivity contribution is -0.116. The van der Waals surface area contributed by atoms with Crippen molar-refractivity contribution in [3.63, 3.8) is 0 Å². The predicted molar refractivity (Wildman–Crippen MR) is 84.2 cm³/mol. The van der Waals surface area contributed by atoms with Gasteiger partial charge in [-0.15, -0.1) is 0 Å². The summed E-state index contributed by atoms with van der Waals surface area (Å²) < 4.78 is 33.4. The average Bonchev–Trinajstić information content (AvgIpc) is 2.79. The van der Waals surface area contributed by atoms with Crippen LogP contribution < -0.4 is 14.8 Å². The molecule has 1 amide bonds. The van der Waals surface area contributed by atoms with E-state index in [9.17, 15) is 13.2 Å². The Bertz CT molecular complexity index is 641. The quantitative estimate of drug-likeness (QED) is 0.862. The molecule has 1 fully saturated rings. The van der Waals surface area contributed by atoms with Crippen LogP contribution in [-0.2, 0) is 14.6 Å². The van der Waals surface area contributed by atoms with Crippen molar-refractivity contribution in [3.8, 4) is 11.5 Å². The van der Waals surface area contributed by atoms with Gasteiger partial charge in [-0.1, -0.05) is 0 Å². The Hall–Kier alpha value is -1.76. The number of ether oxygens (including phenoxy) is 2. The number of carbonyl (C=O) groups is 1. The van der Waals surface area contributed by atoms with Crippen LogP contribution in [0.2, 0.25) is 0 Å². The Labute approximate surface area is 130 Å². The van der Waals surface area contributed by atoms with Gasteiger partial charge in [0.25, 0.3) is 0 Å². The highest BCUT2D eigenvalue weighted by Crippen LogP contribution is 2.30. The number of rotatable bonds is 6. The van der Waals surface area contributed by atoms with Crippen LogP contribution >= 0.6 is 0 Å². The second kappa shape index (κ2) is 7.00. The second-order valence-corrected chi connectivity index (χ2v) is 7.55. The van der Waals surface area contributed by atoms with E-state index in [1.165, 1.54) is 7.11 Å². The van der Waals surface area contributed by atoms with Gasteiger partial charge in [-0.25, -0.2) is 8.42 Å². The maximum absolute atomic E-state index is 12.0. The smallest absolute Gasteiger partial charge is 0.224 e. The summed E-state index contributed by atoms with van der Waals surface area (Å²) in [5.74, 6) is 1.17. The molecular formula is C15H21NO5S. The van der Waals surface area contributed by atoms with Gasteiger partial charge in [0.05, 0.1) is 25.2 Å². The third-order valence-electron chi connectivity index (χ3n) is 3.55. The average molecular weight is 327 g/mol. The van der Waals surface area contributed by atoms with Crippen molar-refractivity contribution in [2.45, 2.75) is 19.8 Å². The minimum Gasteiger partial charge on any atom is -0.493 e. The highest BCUT2D eigenvalue weighted by atomic mass is 32.2. The van der Waals surface area contributed by atoms with Gasteiger partial charge < -0.3 is 14.8 Å². The van der Waals surface area contributed by atoms with E-state index in [-0.39, 0.29) is 29.8 Å². The first kappa shape index (κ1) is 16.6. The van der Waals surface area contributed by atoms with Crippen LogP contribution in [0.4, 0.5) is 5.69 Å². The SMILES string of the molecule is CCOc1ccc(NC(=O)C[C@@H]2CCS(=O)(=O)C2)cc1OC. The van der Waals surface area contributed by atoms with Crippen molar-refractivity contribution in [1.29, 1.82) is 0 Å². The Balaban J connectivity index is 1.97. The Morgan fingerprint density at radius 2 is 2.14 bits per heavy atom. The lowest BCUT2D eigenvalue weighted by Crippen LogP contribution is -2.17. The molecule has 1 heterocycles. The lowest BCUT2D eigenvalue weighted by atomic mass is 10.1. The number of benzene rings is 1. The summed E-state index contributed by atoms with van der Waals surface area (Å²) in [4.78, 5) is 12.0. The fraction of sp³-hybridized carbons (Fsp3) is 0.533. The van der Waals surface area contributed by atoms with Crippen LogP contribution in [0.25, 0.3) is 0 Å². The Morgan fingerprint density at radius 1 is 1.36 bits per heavy atom. The first-order chi connectivity index (χ1) is 10.4. The van der Waals surface area contributed by atoms with E-state index in [4.69, 9.17) is 9.47 Å². The molecule has 1 saturated heterocycles. The molecule has 1 aromatic carbocycles. The summed E-state index contributed by atoms with van der Waals surface area (Å²) >= 11 is 0. The molecule has 0 saturated carbocycles. The fourth-order valence-electron chi connectivity index (χ4n) is 2.53. The highest BCUT2D eigenvalue weighted by Gasteiger charge is 2.29. The van der Waals surface area contributed by atoms with E-state index in [0.717, 1.165) is 0 Å². The molecule has 0 aromatic heterocycles. The summed E-state index contributed by atoms with van der Waals surface area (Å²) in [7, 11) is -1.42. The summed E-state index contributed by atoms with van der Waals surface area (Å²) in [5, 5.41) is 2.77. The zero-order valence-corrected chi connectivity index (χ0v) is 13.6. The number of hydrogen-bond acceptors (Lipinski definition) is 5. The van der Waals surface area contributed by atoms with Gasteiger partial charge in [0, 0.05) is 18.2 Å². The molecule has 0 spiro atoms. The molecule has 0 bridgehead atoms. The van der Waals surface area contributed by atoms with Crippen molar-refractivity contribution in [3.05, 3.63) is 18.2 Å². The van der Waals surface area contributed by atoms with Gasteiger partial charge in [-0.2, -0.15) is 0 Å². The van der Waals surface area contributed by atoms with Crippen molar-refractivity contribution in [2.24, 2.45) is 5.92 Å². The Kier molecular flexibility index (Phi) is 5.28. The van der Waals surface area contributed by atoms with E-state index in [1.54, 1.807) is 18.2 Å². The molecule has 122 valence electrons. The van der Waals surface area contributed by atoms with Gasteiger partial charge in [-0.05, 0) is 31.4 Å². The number of anilines is 1. The zero-order chi connectivity index (χ0) is 16.2. The molecule has 6 nitrogen and oxygen atoms in total. The van der Waals surface area contributed by atoms with E-state index in [1.807, 2.05) is 6.92 Å². The van der Waals surface area contributed by atoms with Crippen LogP contribution in [0.15, 0.2) is 18.2 Å². The number of amides is 1. The van der Waals surface area contributed by atoms with E-state index in [0.29, 0.717) is 30.2 Å². The van der Waals surface area contributed by atoms with Crippen molar-refractivity contribution < 1.29 is 22.7 Å². The molecule has 1 aliphatic heterocycles. The molecule has 0 unspecified atom stereocenters. The lowest BCUT2D eigenvalue weighted by Gasteiger charge is -2.12. The number of carbonyl (C=O) groups excluding carboxylic acids is 1. The Morgan fingerprint density at radius 3 is 2.73 bits per heavy atom. The van der Waals surface area contributed by atoms with Crippen LogP contribution in [0.3, 0.4) is 0 Å². The maximum atomic E-state index is 12.0. The molecule has 7 heteroatoms. The van der Waals surface area contributed by atoms with Crippen LogP contribution in [0, 0.1) is 5.92 Å². The molecule has 2 rings (SSSR count). The highest BCUT2D eigenvalue weighted by molar-refractivity contribution is 7.91. The predicted octanol–water partition coefficient (Wildman–Crippen LogP) is 1.86. The van der Waals surface area contributed by atoms with E-state index < -0.39 is 9.84 Å². The monoisotopic (exact) mass is 327 g/mol. The maximum Gasteiger partial charge on any atom is 0.224 e. The van der Waals surface area contributed by atoms with E-state index >= 15 is 0 Å². The summed E-state index contributed by atoms with van der Waals surface area (Å²) in [6, 6.07) is 5.16. The van der Waals surface area contributed by atoms with Gasteiger partial charge in [-0.3, -0.25) is 4.79 Å². The number of methoxy groups -OCH3 is 1. The topological polar surface area (TPSA) is 81.7 Å². The standard InChI is InChI=1S/C15H21NO5S/c1-3-21-13-5-4-12(9-14(13)20-2)16-15(17)8-11-6-7-22(18,19)10-11/h4-5,9,11H,3,6-8,10H2,1-2H3,(H,16,17)/t11-/m0/s1. The van der Waals surface area contributed by atoms with E-state index in [2.05, 4.69) is 5.32 Å².